The Morgan fingerprint density at radius 1 is 1.33 bits per heavy atom. The number of Topliss-reactive ketones (excluding diaryl/α,β-unsaturated/α-hetero) is 1. The number of aliphatic hydroxyl groups excluding tert-OH is 2. The molecule has 0 saturated carbocycles. The van der Waals surface area contributed by atoms with Crippen LogP contribution in [0.2, 0.25) is 0 Å². The second kappa shape index (κ2) is 5.70. The zero-order valence-corrected chi connectivity index (χ0v) is 9.63. The maximum absolute atomic E-state index is 13.8. The van der Waals surface area contributed by atoms with E-state index in [2.05, 4.69) is 0 Å². The Hall–Kier alpha value is -1.79. The van der Waals surface area contributed by atoms with E-state index >= 15 is 0 Å². The van der Waals surface area contributed by atoms with Crippen LogP contribution in [0.1, 0.15) is 35.4 Å². The molecule has 0 spiro atoms. The monoisotopic (exact) mass is 256 g/mol. The molecule has 0 saturated heterocycles. The smallest absolute Gasteiger partial charge is 0.306 e. The van der Waals surface area contributed by atoms with Crippen molar-refractivity contribution in [2.24, 2.45) is 0 Å². The Morgan fingerprint density at radius 2 is 1.94 bits per heavy atom. The molecular weight excluding hydrogens is 243 g/mol. The van der Waals surface area contributed by atoms with Gasteiger partial charge >= 0.3 is 5.97 Å². The fraction of sp³-hybridized carbons (Fsp3) is 0.333. The largest absolute Gasteiger partial charge is 0.481 e. The van der Waals surface area contributed by atoms with Crippen molar-refractivity contribution in [3.8, 4) is 0 Å². The number of carboxylic acid groups (broad SMARTS) is 1. The number of ketones is 1. The molecule has 3 N–H and O–H groups in total. The summed E-state index contributed by atoms with van der Waals surface area (Å²) >= 11 is 0. The number of carboxylic acids is 1. The van der Waals surface area contributed by atoms with E-state index < -0.39 is 36.2 Å². The van der Waals surface area contributed by atoms with Gasteiger partial charge in [-0.15, -0.1) is 0 Å². The molecular formula is C12H13FO5. The minimum absolute atomic E-state index is 0.214. The molecule has 1 aromatic carbocycles. The molecule has 0 aliphatic rings. The molecule has 0 aromatic heterocycles. The van der Waals surface area contributed by atoms with Gasteiger partial charge in [-0.1, -0.05) is 12.1 Å². The first-order valence-corrected chi connectivity index (χ1v) is 5.22. The lowest BCUT2D eigenvalue weighted by Gasteiger charge is -2.17. The van der Waals surface area contributed by atoms with Gasteiger partial charge in [-0.25, -0.2) is 4.39 Å². The zero-order valence-electron chi connectivity index (χ0n) is 9.63. The third kappa shape index (κ3) is 3.12. The molecule has 0 radical (unpaired) electrons. The second-order valence-corrected chi connectivity index (χ2v) is 3.88. The summed E-state index contributed by atoms with van der Waals surface area (Å²) in [6, 6.07) is 3.79. The Labute approximate surface area is 102 Å². The minimum Gasteiger partial charge on any atom is -0.481 e. The summed E-state index contributed by atoms with van der Waals surface area (Å²) in [5.41, 5.74) is -0.509. The topological polar surface area (TPSA) is 94.8 Å². The highest BCUT2D eigenvalue weighted by atomic mass is 19.1. The van der Waals surface area contributed by atoms with E-state index in [1.807, 2.05) is 0 Å². The van der Waals surface area contributed by atoms with Gasteiger partial charge in [-0.05, 0) is 13.0 Å². The number of carbonyl (C=O) groups is 2. The predicted molar refractivity (Wildman–Crippen MR) is 59.6 cm³/mol. The molecule has 18 heavy (non-hydrogen) atoms. The number of aliphatic hydroxyl groups is 2. The molecule has 0 heterocycles. The molecule has 0 fully saturated rings. The molecule has 0 amide bonds. The van der Waals surface area contributed by atoms with E-state index in [1.54, 1.807) is 0 Å². The number of benzene rings is 1. The number of rotatable bonds is 5. The standard InChI is InChI=1S/C12H13FO5/c1-6(14)7-3-2-4-8(11(7)13)12(18)9(15)5-10(16)17/h2-4,9,12,15,18H,5H2,1H3,(H,16,17). The third-order valence-electron chi connectivity index (χ3n) is 2.47. The summed E-state index contributed by atoms with van der Waals surface area (Å²) in [5.74, 6) is -2.78. The molecule has 1 rings (SSSR count). The first kappa shape index (κ1) is 14.3. The fourth-order valence-corrected chi connectivity index (χ4v) is 1.55. The minimum atomic E-state index is -1.69. The van der Waals surface area contributed by atoms with E-state index in [0.29, 0.717) is 0 Å². The first-order valence-electron chi connectivity index (χ1n) is 5.22. The van der Waals surface area contributed by atoms with Crippen molar-refractivity contribution in [2.75, 3.05) is 0 Å². The molecule has 1 aromatic rings. The average molecular weight is 256 g/mol. The molecule has 0 bridgehead atoms. The average Bonchev–Trinajstić information content (AvgIpc) is 2.27. The SMILES string of the molecule is CC(=O)c1cccc(C(O)C(O)CC(=O)O)c1F. The van der Waals surface area contributed by atoms with Crippen LogP contribution in [0.4, 0.5) is 4.39 Å². The molecule has 5 nitrogen and oxygen atoms in total. The summed E-state index contributed by atoms with van der Waals surface area (Å²) in [6.45, 7) is 1.17. The number of hydrogen-bond donors (Lipinski definition) is 3. The van der Waals surface area contributed by atoms with Crippen LogP contribution >= 0.6 is 0 Å². The van der Waals surface area contributed by atoms with Gasteiger partial charge in [-0.3, -0.25) is 9.59 Å². The lowest BCUT2D eigenvalue weighted by atomic mass is 9.98. The van der Waals surface area contributed by atoms with Crippen LogP contribution < -0.4 is 0 Å². The summed E-state index contributed by atoms with van der Waals surface area (Å²) < 4.78 is 13.8. The molecule has 0 aliphatic carbocycles. The van der Waals surface area contributed by atoms with E-state index in [9.17, 15) is 24.2 Å². The predicted octanol–water partition coefficient (Wildman–Crippen LogP) is 0.897. The summed E-state index contributed by atoms with van der Waals surface area (Å²) in [6.07, 6.45) is -4.05. The van der Waals surface area contributed by atoms with Crippen molar-refractivity contribution in [1.29, 1.82) is 0 Å². The lowest BCUT2D eigenvalue weighted by Crippen LogP contribution is -2.23. The van der Waals surface area contributed by atoms with Crippen molar-refractivity contribution in [1.82, 2.24) is 0 Å². The van der Waals surface area contributed by atoms with Crippen LogP contribution in [-0.4, -0.2) is 33.2 Å². The van der Waals surface area contributed by atoms with Gasteiger partial charge < -0.3 is 15.3 Å². The Morgan fingerprint density at radius 3 is 2.44 bits per heavy atom. The quantitative estimate of drug-likeness (QED) is 0.680. The van der Waals surface area contributed by atoms with Gasteiger partial charge in [0.1, 0.15) is 11.9 Å². The number of hydrogen-bond acceptors (Lipinski definition) is 4. The van der Waals surface area contributed by atoms with Gasteiger partial charge in [0.05, 0.1) is 18.1 Å². The normalized spacial score (nSPS) is 14.0. The molecule has 0 aliphatic heterocycles. The third-order valence-corrected chi connectivity index (χ3v) is 2.47. The zero-order chi connectivity index (χ0) is 13.9. The van der Waals surface area contributed by atoms with E-state index in [0.717, 1.165) is 0 Å². The van der Waals surface area contributed by atoms with Gasteiger partial charge in [0.2, 0.25) is 0 Å². The van der Waals surface area contributed by atoms with Crippen LogP contribution in [0.5, 0.6) is 0 Å². The number of carbonyl (C=O) groups excluding carboxylic acids is 1. The Kier molecular flexibility index (Phi) is 4.52. The van der Waals surface area contributed by atoms with Crippen molar-refractivity contribution in [3.63, 3.8) is 0 Å². The Balaban J connectivity index is 3.06. The lowest BCUT2D eigenvalue weighted by molar-refractivity contribution is -0.141. The molecule has 98 valence electrons. The van der Waals surface area contributed by atoms with E-state index in [4.69, 9.17) is 5.11 Å². The van der Waals surface area contributed by atoms with Gasteiger partial charge in [0.15, 0.2) is 5.78 Å². The molecule has 6 heteroatoms. The number of aliphatic carboxylic acids is 1. The van der Waals surface area contributed by atoms with Crippen LogP contribution in [0.15, 0.2) is 18.2 Å². The summed E-state index contributed by atoms with van der Waals surface area (Å²) in [5, 5.41) is 27.5. The maximum Gasteiger partial charge on any atom is 0.306 e. The maximum atomic E-state index is 13.8. The first-order chi connectivity index (χ1) is 8.34. The van der Waals surface area contributed by atoms with Crippen LogP contribution in [0.3, 0.4) is 0 Å². The van der Waals surface area contributed by atoms with Crippen LogP contribution in [0.25, 0.3) is 0 Å². The van der Waals surface area contributed by atoms with Crippen molar-refractivity contribution in [2.45, 2.75) is 25.6 Å². The number of halogens is 1. The highest BCUT2D eigenvalue weighted by molar-refractivity contribution is 5.94. The van der Waals surface area contributed by atoms with E-state index in [1.165, 1.54) is 25.1 Å². The summed E-state index contributed by atoms with van der Waals surface area (Å²) in [7, 11) is 0. The molecule has 2 unspecified atom stereocenters. The highest BCUT2D eigenvalue weighted by Gasteiger charge is 2.25. The van der Waals surface area contributed by atoms with Crippen LogP contribution in [-0.2, 0) is 4.79 Å². The van der Waals surface area contributed by atoms with Crippen molar-refractivity contribution < 1.29 is 29.3 Å². The second-order valence-electron chi connectivity index (χ2n) is 3.88. The van der Waals surface area contributed by atoms with Crippen molar-refractivity contribution in [3.05, 3.63) is 35.1 Å². The van der Waals surface area contributed by atoms with Gasteiger partial charge in [-0.2, -0.15) is 0 Å². The van der Waals surface area contributed by atoms with E-state index in [-0.39, 0.29) is 11.1 Å². The highest BCUT2D eigenvalue weighted by Crippen LogP contribution is 2.24. The van der Waals surface area contributed by atoms with Gasteiger partial charge in [0, 0.05) is 5.56 Å². The van der Waals surface area contributed by atoms with Crippen LogP contribution in [0, 0.1) is 5.82 Å². The van der Waals surface area contributed by atoms with Crippen molar-refractivity contribution >= 4 is 11.8 Å². The Bertz CT molecular complexity index is 472. The fourth-order valence-electron chi connectivity index (χ4n) is 1.55. The summed E-state index contributed by atoms with van der Waals surface area (Å²) in [4.78, 5) is 21.5. The molecule has 2 atom stereocenters. The van der Waals surface area contributed by atoms with Gasteiger partial charge in [0.25, 0.3) is 0 Å².